The van der Waals surface area contributed by atoms with Crippen LogP contribution in [0.1, 0.15) is 19.0 Å². The van der Waals surface area contributed by atoms with E-state index >= 15 is 0 Å². The molecule has 0 bridgehead atoms. The van der Waals surface area contributed by atoms with Crippen molar-refractivity contribution in [1.82, 2.24) is 24.1 Å². The van der Waals surface area contributed by atoms with Gasteiger partial charge in [-0.2, -0.15) is 0 Å². The van der Waals surface area contributed by atoms with Gasteiger partial charge in [0.05, 0.1) is 5.69 Å². The van der Waals surface area contributed by atoms with E-state index in [9.17, 15) is 9.59 Å². The van der Waals surface area contributed by atoms with Gasteiger partial charge < -0.3 is 0 Å². The van der Waals surface area contributed by atoms with Crippen LogP contribution in [0.4, 0.5) is 0 Å². The zero-order chi connectivity index (χ0) is 16.4. The van der Waals surface area contributed by atoms with Crippen molar-refractivity contribution in [2.45, 2.75) is 30.8 Å². The number of aromatic nitrogens is 5. The SMILES string of the molecule is CCCn1c(SCc2cc(=O)n3cc(Br)ccc3n2)n[nH]c1=O. The topological polar surface area (TPSA) is 85.0 Å². The molecule has 0 aliphatic heterocycles. The van der Waals surface area contributed by atoms with Gasteiger partial charge in [0.15, 0.2) is 5.16 Å². The van der Waals surface area contributed by atoms with Gasteiger partial charge in [0.2, 0.25) is 0 Å². The van der Waals surface area contributed by atoms with Crippen molar-refractivity contribution in [2.24, 2.45) is 0 Å². The summed E-state index contributed by atoms with van der Waals surface area (Å²) in [7, 11) is 0. The van der Waals surface area contributed by atoms with Crippen LogP contribution in [0.3, 0.4) is 0 Å². The van der Waals surface area contributed by atoms with Crippen LogP contribution < -0.4 is 11.2 Å². The normalized spacial score (nSPS) is 11.2. The molecule has 0 radical (unpaired) electrons. The molecule has 120 valence electrons. The minimum absolute atomic E-state index is 0.139. The van der Waals surface area contributed by atoms with E-state index in [4.69, 9.17) is 0 Å². The lowest BCUT2D eigenvalue weighted by Gasteiger charge is -2.05. The molecule has 3 heterocycles. The highest BCUT2D eigenvalue weighted by Crippen LogP contribution is 2.19. The molecule has 3 aromatic heterocycles. The second kappa shape index (κ2) is 6.71. The molecular weight excluding hydrogens is 382 g/mol. The lowest BCUT2D eigenvalue weighted by molar-refractivity contribution is 0.603. The molecule has 0 aliphatic carbocycles. The predicted molar refractivity (Wildman–Crippen MR) is 91.9 cm³/mol. The molecular formula is C14H14BrN5O2S. The maximum atomic E-state index is 12.2. The van der Waals surface area contributed by atoms with Crippen molar-refractivity contribution in [3.63, 3.8) is 0 Å². The standard InChI is InChI=1S/C14H14BrN5O2S/c1-2-5-19-13(22)17-18-14(19)23-8-10-6-12(21)20-7-9(15)3-4-11(20)16-10/h3-4,6-7H,2,5,8H2,1H3,(H,17,22). The van der Waals surface area contributed by atoms with E-state index in [2.05, 4.69) is 31.1 Å². The number of H-pyrrole nitrogens is 1. The molecule has 0 atom stereocenters. The zero-order valence-corrected chi connectivity index (χ0v) is 14.7. The smallest absolute Gasteiger partial charge is 0.270 e. The molecule has 23 heavy (non-hydrogen) atoms. The van der Waals surface area contributed by atoms with Crippen molar-refractivity contribution in [2.75, 3.05) is 0 Å². The minimum Gasteiger partial charge on any atom is -0.270 e. The molecule has 0 spiro atoms. The zero-order valence-electron chi connectivity index (χ0n) is 12.3. The van der Waals surface area contributed by atoms with E-state index in [1.165, 1.54) is 22.2 Å². The lowest BCUT2D eigenvalue weighted by Crippen LogP contribution is -2.17. The van der Waals surface area contributed by atoms with Crippen LogP contribution in [-0.2, 0) is 12.3 Å². The number of pyridine rings is 1. The Bertz CT molecular complexity index is 962. The number of hydrogen-bond acceptors (Lipinski definition) is 5. The van der Waals surface area contributed by atoms with E-state index in [1.807, 2.05) is 13.0 Å². The summed E-state index contributed by atoms with van der Waals surface area (Å²) in [5.41, 5.74) is 0.885. The molecule has 3 aromatic rings. The van der Waals surface area contributed by atoms with Gasteiger partial charge in [-0.1, -0.05) is 18.7 Å². The van der Waals surface area contributed by atoms with Gasteiger partial charge in [-0.05, 0) is 34.5 Å². The Kier molecular flexibility index (Phi) is 4.67. The Hall–Kier alpha value is -1.87. The summed E-state index contributed by atoms with van der Waals surface area (Å²) in [6, 6.07) is 5.12. The van der Waals surface area contributed by atoms with Gasteiger partial charge in [-0.3, -0.25) is 13.8 Å². The molecule has 0 saturated heterocycles. The third-order valence-corrected chi connectivity index (χ3v) is 4.68. The number of rotatable bonds is 5. The summed E-state index contributed by atoms with van der Waals surface area (Å²) < 4.78 is 3.89. The first kappa shape index (κ1) is 16.0. The first-order valence-corrected chi connectivity index (χ1v) is 8.82. The van der Waals surface area contributed by atoms with Gasteiger partial charge in [0.25, 0.3) is 5.56 Å². The molecule has 0 aromatic carbocycles. The Morgan fingerprint density at radius 3 is 2.96 bits per heavy atom. The summed E-state index contributed by atoms with van der Waals surface area (Å²) >= 11 is 4.72. The number of nitrogens with zero attached hydrogens (tertiary/aromatic N) is 4. The highest BCUT2D eigenvalue weighted by Gasteiger charge is 2.10. The van der Waals surface area contributed by atoms with Crippen molar-refractivity contribution in [3.05, 3.63) is 55.4 Å². The molecule has 7 nitrogen and oxygen atoms in total. The van der Waals surface area contributed by atoms with Crippen LogP contribution in [-0.4, -0.2) is 24.1 Å². The van der Waals surface area contributed by atoms with Gasteiger partial charge in [-0.25, -0.2) is 14.9 Å². The van der Waals surface area contributed by atoms with Crippen LogP contribution in [0.2, 0.25) is 0 Å². The van der Waals surface area contributed by atoms with E-state index in [1.54, 1.807) is 16.8 Å². The Labute approximate surface area is 143 Å². The minimum atomic E-state index is -0.217. The van der Waals surface area contributed by atoms with Gasteiger partial charge >= 0.3 is 5.69 Å². The molecule has 1 N–H and O–H groups in total. The molecule has 0 fully saturated rings. The second-order valence-electron chi connectivity index (χ2n) is 4.91. The Morgan fingerprint density at radius 2 is 2.17 bits per heavy atom. The van der Waals surface area contributed by atoms with Gasteiger partial charge in [0.1, 0.15) is 5.65 Å². The average Bonchev–Trinajstić information content (AvgIpc) is 2.87. The Morgan fingerprint density at radius 1 is 1.35 bits per heavy atom. The van der Waals surface area contributed by atoms with Crippen molar-refractivity contribution in [3.8, 4) is 0 Å². The van der Waals surface area contributed by atoms with Crippen LogP contribution in [0.25, 0.3) is 5.65 Å². The first-order valence-electron chi connectivity index (χ1n) is 7.04. The Balaban J connectivity index is 1.87. The van der Waals surface area contributed by atoms with Crippen LogP contribution in [0, 0.1) is 0 Å². The summed E-state index contributed by atoms with van der Waals surface area (Å²) in [5.74, 6) is 0.468. The lowest BCUT2D eigenvalue weighted by atomic mass is 10.4. The van der Waals surface area contributed by atoms with Crippen LogP contribution in [0.5, 0.6) is 0 Å². The van der Waals surface area contributed by atoms with E-state index < -0.39 is 0 Å². The average molecular weight is 396 g/mol. The van der Waals surface area contributed by atoms with E-state index in [0.717, 1.165) is 10.9 Å². The third-order valence-electron chi connectivity index (χ3n) is 3.20. The quantitative estimate of drug-likeness (QED) is 0.668. The highest BCUT2D eigenvalue weighted by molar-refractivity contribution is 9.10. The number of aromatic amines is 1. The summed E-state index contributed by atoms with van der Waals surface area (Å²) in [4.78, 5) is 28.3. The second-order valence-corrected chi connectivity index (χ2v) is 6.77. The maximum Gasteiger partial charge on any atom is 0.343 e. The van der Waals surface area contributed by atoms with Crippen molar-refractivity contribution >= 4 is 33.3 Å². The number of nitrogens with one attached hydrogen (secondary N) is 1. The van der Waals surface area contributed by atoms with Crippen LogP contribution in [0.15, 0.2) is 43.6 Å². The molecule has 0 saturated carbocycles. The van der Waals surface area contributed by atoms with E-state index in [0.29, 0.717) is 28.8 Å². The summed E-state index contributed by atoms with van der Waals surface area (Å²) in [5, 5.41) is 7.07. The van der Waals surface area contributed by atoms with Crippen molar-refractivity contribution in [1.29, 1.82) is 0 Å². The summed E-state index contributed by atoms with van der Waals surface area (Å²) in [6.45, 7) is 2.61. The predicted octanol–water partition coefficient (Wildman–Crippen LogP) is 2.04. The van der Waals surface area contributed by atoms with Gasteiger partial charge in [0, 0.05) is 29.0 Å². The fraction of sp³-hybridized carbons (Fsp3) is 0.286. The molecule has 0 aliphatic rings. The fourth-order valence-corrected chi connectivity index (χ4v) is 3.37. The first-order chi connectivity index (χ1) is 11.1. The monoisotopic (exact) mass is 395 g/mol. The molecule has 3 rings (SSSR count). The third kappa shape index (κ3) is 3.40. The largest absolute Gasteiger partial charge is 0.343 e. The molecule has 0 unspecified atom stereocenters. The summed E-state index contributed by atoms with van der Waals surface area (Å²) in [6.07, 6.45) is 2.53. The molecule has 0 amide bonds. The van der Waals surface area contributed by atoms with E-state index in [-0.39, 0.29) is 11.2 Å². The number of fused-ring (bicyclic) bond motifs is 1. The molecule has 9 heteroatoms. The van der Waals surface area contributed by atoms with Crippen molar-refractivity contribution < 1.29 is 0 Å². The number of halogens is 1. The maximum absolute atomic E-state index is 12.2. The van der Waals surface area contributed by atoms with Gasteiger partial charge in [-0.15, -0.1) is 5.10 Å². The van der Waals surface area contributed by atoms with Crippen LogP contribution >= 0.6 is 27.7 Å². The number of hydrogen-bond donors (Lipinski definition) is 1. The number of thioether (sulfide) groups is 1. The highest BCUT2D eigenvalue weighted by atomic mass is 79.9. The fourth-order valence-electron chi connectivity index (χ4n) is 2.17.